The van der Waals surface area contributed by atoms with Crippen molar-refractivity contribution in [3.63, 3.8) is 0 Å². The molecule has 1 heterocycles. The lowest BCUT2D eigenvalue weighted by atomic mass is 10.2. The number of hydrogen-bond acceptors (Lipinski definition) is 4. The molecule has 1 aliphatic heterocycles. The summed E-state index contributed by atoms with van der Waals surface area (Å²) in [5.74, 6) is 0.860. The van der Waals surface area contributed by atoms with Crippen LogP contribution in [0.1, 0.15) is 5.56 Å². The second-order valence-electron chi connectivity index (χ2n) is 4.84. The van der Waals surface area contributed by atoms with E-state index in [1.165, 1.54) is 0 Å². The lowest BCUT2D eigenvalue weighted by Gasteiger charge is -2.30. The molecule has 1 aromatic carbocycles. The van der Waals surface area contributed by atoms with Gasteiger partial charge in [0.25, 0.3) is 0 Å². The van der Waals surface area contributed by atoms with E-state index in [0.717, 1.165) is 49.1 Å². The van der Waals surface area contributed by atoms with Crippen LogP contribution in [0.4, 0.5) is 0 Å². The topological polar surface area (TPSA) is 33.7 Å². The van der Waals surface area contributed by atoms with Gasteiger partial charge in [0.2, 0.25) is 0 Å². The molecule has 106 valence electrons. The molecule has 0 saturated carbocycles. The second kappa shape index (κ2) is 7.10. The summed E-state index contributed by atoms with van der Waals surface area (Å²) in [6.45, 7) is 4.36. The standard InChI is InChI=1S/C14H21ClN2O2/c1-17-5-6-19-13(10-17)9-16-8-11-7-12(15)3-4-14(11)18-2/h3-4,7,13,16H,5-6,8-10H2,1-2H3/t13-/m0/s1. The van der Waals surface area contributed by atoms with Crippen LogP contribution >= 0.6 is 11.6 Å². The van der Waals surface area contributed by atoms with Crippen molar-refractivity contribution in [2.75, 3.05) is 40.4 Å². The first-order valence-electron chi connectivity index (χ1n) is 6.52. The zero-order chi connectivity index (χ0) is 13.7. The molecule has 0 amide bonds. The van der Waals surface area contributed by atoms with Crippen LogP contribution in [-0.4, -0.2) is 51.4 Å². The molecule has 0 spiro atoms. The Kier molecular flexibility index (Phi) is 5.45. The van der Waals surface area contributed by atoms with Gasteiger partial charge in [-0.2, -0.15) is 0 Å². The number of morpholine rings is 1. The minimum absolute atomic E-state index is 0.254. The lowest BCUT2D eigenvalue weighted by molar-refractivity contribution is -0.0182. The first-order valence-corrected chi connectivity index (χ1v) is 6.90. The Morgan fingerprint density at radius 2 is 2.37 bits per heavy atom. The van der Waals surface area contributed by atoms with E-state index in [1.807, 2.05) is 18.2 Å². The zero-order valence-electron chi connectivity index (χ0n) is 11.5. The summed E-state index contributed by atoms with van der Waals surface area (Å²) < 4.78 is 11.0. The number of nitrogens with one attached hydrogen (secondary N) is 1. The fourth-order valence-corrected chi connectivity index (χ4v) is 2.44. The average Bonchev–Trinajstić information content (AvgIpc) is 2.39. The molecule has 5 heteroatoms. The van der Waals surface area contributed by atoms with Crippen molar-refractivity contribution in [1.82, 2.24) is 10.2 Å². The van der Waals surface area contributed by atoms with Gasteiger partial charge < -0.3 is 19.7 Å². The number of benzene rings is 1. The van der Waals surface area contributed by atoms with Gasteiger partial charge in [-0.05, 0) is 25.2 Å². The Morgan fingerprint density at radius 1 is 1.53 bits per heavy atom. The average molecular weight is 285 g/mol. The third kappa shape index (κ3) is 4.35. The Balaban J connectivity index is 1.83. The molecule has 1 aromatic rings. The third-order valence-electron chi connectivity index (χ3n) is 3.27. The van der Waals surface area contributed by atoms with Gasteiger partial charge in [-0.1, -0.05) is 11.6 Å². The van der Waals surface area contributed by atoms with Gasteiger partial charge in [-0.15, -0.1) is 0 Å². The highest BCUT2D eigenvalue weighted by Gasteiger charge is 2.17. The highest BCUT2D eigenvalue weighted by molar-refractivity contribution is 6.30. The van der Waals surface area contributed by atoms with Crippen LogP contribution in [0.15, 0.2) is 18.2 Å². The summed E-state index contributed by atoms with van der Waals surface area (Å²) in [7, 11) is 3.79. The van der Waals surface area contributed by atoms with Crippen LogP contribution in [0.5, 0.6) is 5.75 Å². The van der Waals surface area contributed by atoms with Gasteiger partial charge >= 0.3 is 0 Å². The molecular formula is C14H21ClN2O2. The number of likely N-dealkylation sites (N-methyl/N-ethyl adjacent to an activating group) is 1. The minimum Gasteiger partial charge on any atom is -0.496 e. The summed E-state index contributed by atoms with van der Waals surface area (Å²) in [5.41, 5.74) is 1.07. The zero-order valence-corrected chi connectivity index (χ0v) is 12.2. The van der Waals surface area contributed by atoms with Gasteiger partial charge in [0.15, 0.2) is 0 Å². The van der Waals surface area contributed by atoms with Crippen molar-refractivity contribution in [2.45, 2.75) is 12.6 Å². The normalized spacial score (nSPS) is 20.5. The summed E-state index contributed by atoms with van der Waals surface area (Å²) in [4.78, 5) is 2.29. The summed E-state index contributed by atoms with van der Waals surface area (Å²) in [5, 5.41) is 4.13. The van der Waals surface area contributed by atoms with Gasteiger partial charge in [0.05, 0.1) is 19.8 Å². The third-order valence-corrected chi connectivity index (χ3v) is 3.51. The van der Waals surface area contributed by atoms with E-state index in [2.05, 4.69) is 17.3 Å². The number of ether oxygens (including phenoxy) is 2. The Morgan fingerprint density at radius 3 is 3.11 bits per heavy atom. The quantitative estimate of drug-likeness (QED) is 0.894. The molecule has 0 radical (unpaired) electrons. The maximum absolute atomic E-state index is 6.01. The van der Waals surface area contributed by atoms with Gasteiger partial charge in [-0.3, -0.25) is 0 Å². The first-order chi connectivity index (χ1) is 9.19. The molecular weight excluding hydrogens is 264 g/mol. The van der Waals surface area contributed by atoms with Crippen molar-refractivity contribution in [1.29, 1.82) is 0 Å². The van der Waals surface area contributed by atoms with E-state index in [4.69, 9.17) is 21.1 Å². The number of halogens is 1. The number of nitrogens with zero attached hydrogens (tertiary/aromatic N) is 1. The highest BCUT2D eigenvalue weighted by atomic mass is 35.5. The predicted molar refractivity (Wildman–Crippen MR) is 76.9 cm³/mol. The number of rotatable bonds is 5. The van der Waals surface area contributed by atoms with E-state index < -0.39 is 0 Å². The summed E-state index contributed by atoms with van der Waals surface area (Å²) >= 11 is 6.01. The Bertz CT molecular complexity index is 414. The van der Waals surface area contributed by atoms with Crippen molar-refractivity contribution in [2.24, 2.45) is 0 Å². The Labute approximate surface area is 119 Å². The molecule has 1 saturated heterocycles. The molecule has 0 bridgehead atoms. The summed E-state index contributed by atoms with van der Waals surface area (Å²) in [6, 6.07) is 5.66. The smallest absolute Gasteiger partial charge is 0.123 e. The first kappa shape index (κ1) is 14.6. The number of methoxy groups -OCH3 is 1. The fourth-order valence-electron chi connectivity index (χ4n) is 2.24. The van der Waals surface area contributed by atoms with Crippen molar-refractivity contribution >= 4 is 11.6 Å². The van der Waals surface area contributed by atoms with Crippen LogP contribution in [0.3, 0.4) is 0 Å². The molecule has 0 aliphatic carbocycles. The SMILES string of the molecule is COc1ccc(Cl)cc1CNC[C@H]1CN(C)CCO1. The molecule has 1 aliphatic rings. The molecule has 2 rings (SSSR count). The highest BCUT2D eigenvalue weighted by Crippen LogP contribution is 2.22. The van der Waals surface area contributed by atoms with E-state index >= 15 is 0 Å². The van der Waals surface area contributed by atoms with E-state index in [-0.39, 0.29) is 6.10 Å². The molecule has 4 nitrogen and oxygen atoms in total. The summed E-state index contributed by atoms with van der Waals surface area (Å²) in [6.07, 6.45) is 0.254. The fraction of sp³-hybridized carbons (Fsp3) is 0.571. The van der Waals surface area contributed by atoms with Gasteiger partial charge in [-0.25, -0.2) is 0 Å². The second-order valence-corrected chi connectivity index (χ2v) is 5.28. The van der Waals surface area contributed by atoms with E-state index in [0.29, 0.717) is 0 Å². The molecule has 19 heavy (non-hydrogen) atoms. The maximum atomic E-state index is 6.01. The van der Waals surface area contributed by atoms with Crippen LogP contribution < -0.4 is 10.1 Å². The van der Waals surface area contributed by atoms with Crippen molar-refractivity contribution < 1.29 is 9.47 Å². The van der Waals surface area contributed by atoms with Crippen LogP contribution in [0, 0.1) is 0 Å². The minimum atomic E-state index is 0.254. The van der Waals surface area contributed by atoms with Crippen molar-refractivity contribution in [3.8, 4) is 5.75 Å². The van der Waals surface area contributed by atoms with E-state index in [1.54, 1.807) is 7.11 Å². The molecule has 0 aromatic heterocycles. The molecule has 1 N–H and O–H groups in total. The van der Waals surface area contributed by atoms with Gasteiger partial charge in [0, 0.05) is 36.8 Å². The molecule has 0 unspecified atom stereocenters. The van der Waals surface area contributed by atoms with Crippen molar-refractivity contribution in [3.05, 3.63) is 28.8 Å². The van der Waals surface area contributed by atoms with E-state index in [9.17, 15) is 0 Å². The molecule has 1 atom stereocenters. The van der Waals surface area contributed by atoms with Crippen LogP contribution in [0.2, 0.25) is 5.02 Å². The van der Waals surface area contributed by atoms with Crippen LogP contribution in [0.25, 0.3) is 0 Å². The Hall–Kier alpha value is -0.810. The maximum Gasteiger partial charge on any atom is 0.123 e. The predicted octanol–water partition coefficient (Wildman–Crippen LogP) is 1.77. The number of hydrogen-bond donors (Lipinski definition) is 1. The van der Waals surface area contributed by atoms with Crippen LogP contribution in [-0.2, 0) is 11.3 Å². The largest absolute Gasteiger partial charge is 0.496 e. The lowest BCUT2D eigenvalue weighted by Crippen LogP contribution is -2.44. The molecule has 1 fully saturated rings. The van der Waals surface area contributed by atoms with Gasteiger partial charge in [0.1, 0.15) is 5.75 Å². The monoisotopic (exact) mass is 284 g/mol.